The highest BCUT2D eigenvalue weighted by molar-refractivity contribution is 7.21. The third-order valence-electron chi connectivity index (χ3n) is 2.92. The van der Waals surface area contributed by atoms with Crippen molar-refractivity contribution in [2.75, 3.05) is 5.43 Å². The van der Waals surface area contributed by atoms with Crippen molar-refractivity contribution < 1.29 is 0 Å². The number of rotatable bonds is 3. The molecule has 2 aromatic carbocycles. The van der Waals surface area contributed by atoms with Gasteiger partial charge in [0.05, 0.1) is 15.9 Å². The molecule has 0 unspecified atom stereocenters. The molecule has 0 radical (unpaired) electrons. The van der Waals surface area contributed by atoms with Crippen molar-refractivity contribution in [3.63, 3.8) is 0 Å². The maximum absolute atomic E-state index is 8.65. The van der Waals surface area contributed by atoms with Crippen LogP contribution in [0.5, 0.6) is 0 Å². The monoisotopic (exact) mass is 303 g/mol. The van der Waals surface area contributed by atoms with Crippen LogP contribution in [-0.4, -0.2) is 10.7 Å². The second-order valence-electron chi connectivity index (χ2n) is 4.36. The molecule has 3 rings (SSSR count). The van der Waals surface area contributed by atoms with Gasteiger partial charge in [-0.15, -0.1) is 11.3 Å². The first-order valence-corrected chi connectivity index (χ1v) is 7.22. The molecule has 22 heavy (non-hydrogen) atoms. The highest BCUT2D eigenvalue weighted by Crippen LogP contribution is 2.31. The van der Waals surface area contributed by atoms with Crippen LogP contribution in [0.3, 0.4) is 0 Å². The Morgan fingerprint density at radius 2 is 1.86 bits per heavy atom. The van der Waals surface area contributed by atoms with Gasteiger partial charge in [-0.05, 0) is 18.2 Å². The summed E-state index contributed by atoms with van der Waals surface area (Å²) in [4.78, 5) is 4.60. The van der Waals surface area contributed by atoms with Crippen LogP contribution < -0.4 is 5.43 Å². The van der Waals surface area contributed by atoms with Gasteiger partial charge >= 0.3 is 0 Å². The van der Waals surface area contributed by atoms with Gasteiger partial charge in [-0.1, -0.05) is 30.3 Å². The molecule has 104 valence electrons. The average Bonchev–Trinajstić information content (AvgIpc) is 3.00. The molecular weight excluding hydrogens is 294 g/mol. The van der Waals surface area contributed by atoms with E-state index in [1.807, 2.05) is 48.5 Å². The third kappa shape index (κ3) is 2.78. The van der Waals surface area contributed by atoms with E-state index in [0.29, 0.717) is 5.69 Å². The number of aromatic nitrogens is 1. The summed E-state index contributed by atoms with van der Waals surface area (Å²) in [7, 11) is 0. The van der Waals surface area contributed by atoms with Crippen molar-refractivity contribution in [1.29, 1.82) is 10.5 Å². The number of nitrogens with zero attached hydrogens (tertiary/aromatic N) is 4. The van der Waals surface area contributed by atoms with Crippen molar-refractivity contribution in [3.05, 3.63) is 48.5 Å². The lowest BCUT2D eigenvalue weighted by molar-refractivity contribution is 1.34. The number of nitrogens with one attached hydrogen (secondary N) is 1. The van der Waals surface area contributed by atoms with Gasteiger partial charge in [-0.25, -0.2) is 4.98 Å². The lowest BCUT2D eigenvalue weighted by Gasteiger charge is -1.98. The molecule has 0 bridgehead atoms. The van der Waals surface area contributed by atoms with Gasteiger partial charge in [0.25, 0.3) is 0 Å². The lowest BCUT2D eigenvalue weighted by Crippen LogP contribution is -1.95. The van der Waals surface area contributed by atoms with E-state index < -0.39 is 0 Å². The quantitative estimate of drug-likeness (QED) is 0.589. The zero-order chi connectivity index (χ0) is 15.4. The van der Waals surface area contributed by atoms with Crippen LogP contribution >= 0.6 is 11.3 Å². The standard InChI is InChI=1S/C16H9N5S/c17-9-13(10-18)21-20-12-6-7-14-15(8-12)22-16(19-14)11-4-2-1-3-5-11/h1-8,20H. The summed E-state index contributed by atoms with van der Waals surface area (Å²) in [5.41, 5.74) is 5.18. The maximum atomic E-state index is 8.65. The molecule has 0 saturated heterocycles. The molecule has 0 aliphatic rings. The highest BCUT2D eigenvalue weighted by atomic mass is 32.1. The van der Waals surface area contributed by atoms with Crippen LogP contribution in [0.1, 0.15) is 0 Å². The molecule has 0 aliphatic carbocycles. The second kappa shape index (κ2) is 6.04. The normalized spacial score (nSPS) is 9.73. The number of hydrazone groups is 1. The van der Waals surface area contributed by atoms with E-state index in [4.69, 9.17) is 10.5 Å². The van der Waals surface area contributed by atoms with Gasteiger partial charge in [0.15, 0.2) is 0 Å². The first-order chi connectivity index (χ1) is 10.8. The maximum Gasteiger partial charge on any atom is 0.237 e. The Labute approximate surface area is 130 Å². The van der Waals surface area contributed by atoms with Crippen molar-refractivity contribution in [2.45, 2.75) is 0 Å². The summed E-state index contributed by atoms with van der Waals surface area (Å²) >= 11 is 1.58. The molecule has 0 atom stereocenters. The van der Waals surface area contributed by atoms with Crippen LogP contribution in [0.15, 0.2) is 53.6 Å². The Balaban J connectivity index is 1.93. The number of thiazole rings is 1. The van der Waals surface area contributed by atoms with Crippen LogP contribution in [0.2, 0.25) is 0 Å². The van der Waals surface area contributed by atoms with Crippen LogP contribution in [-0.2, 0) is 0 Å². The number of anilines is 1. The number of benzene rings is 2. The Kier molecular flexibility index (Phi) is 3.78. The van der Waals surface area contributed by atoms with E-state index >= 15 is 0 Å². The van der Waals surface area contributed by atoms with Gasteiger partial charge in [-0.3, -0.25) is 5.43 Å². The van der Waals surface area contributed by atoms with Crippen molar-refractivity contribution in [1.82, 2.24) is 4.98 Å². The highest BCUT2D eigenvalue weighted by Gasteiger charge is 2.06. The Bertz CT molecular complexity index is 913. The molecule has 5 nitrogen and oxygen atoms in total. The smallest absolute Gasteiger partial charge is 0.237 e. The Morgan fingerprint density at radius 3 is 2.59 bits per heavy atom. The molecule has 6 heteroatoms. The Morgan fingerprint density at radius 1 is 1.09 bits per heavy atom. The van der Waals surface area contributed by atoms with E-state index in [1.165, 1.54) is 0 Å². The summed E-state index contributed by atoms with van der Waals surface area (Å²) in [5.74, 6) is 0. The lowest BCUT2D eigenvalue weighted by atomic mass is 10.2. The fourth-order valence-electron chi connectivity index (χ4n) is 1.89. The van der Waals surface area contributed by atoms with Gasteiger partial charge in [0.2, 0.25) is 5.71 Å². The fourth-order valence-corrected chi connectivity index (χ4v) is 2.90. The molecule has 3 aromatic rings. The number of nitriles is 2. The number of fused-ring (bicyclic) bond motifs is 1. The molecule has 1 N–H and O–H groups in total. The molecule has 1 aromatic heterocycles. The van der Waals surface area contributed by atoms with E-state index in [9.17, 15) is 0 Å². The van der Waals surface area contributed by atoms with Gasteiger partial charge in [-0.2, -0.15) is 15.6 Å². The first-order valence-electron chi connectivity index (χ1n) is 6.40. The summed E-state index contributed by atoms with van der Waals surface area (Å²) in [5, 5.41) is 22.0. The van der Waals surface area contributed by atoms with Crippen molar-refractivity contribution in [3.8, 4) is 22.7 Å². The van der Waals surface area contributed by atoms with Crippen molar-refractivity contribution in [2.24, 2.45) is 5.10 Å². The molecule has 1 heterocycles. The molecule has 0 spiro atoms. The summed E-state index contributed by atoms with van der Waals surface area (Å²) < 4.78 is 1.01. The predicted octanol–water partition coefficient (Wildman–Crippen LogP) is 3.78. The van der Waals surface area contributed by atoms with Crippen LogP contribution in [0, 0.1) is 22.7 Å². The van der Waals surface area contributed by atoms with Gasteiger partial charge < -0.3 is 0 Å². The largest absolute Gasteiger partial charge is 0.276 e. The molecule has 0 saturated carbocycles. The fraction of sp³-hybridized carbons (Fsp3) is 0. The number of hydrogen-bond donors (Lipinski definition) is 1. The third-order valence-corrected chi connectivity index (χ3v) is 3.99. The van der Waals surface area contributed by atoms with E-state index in [2.05, 4.69) is 15.5 Å². The molecular formula is C16H9N5S. The Hall–Kier alpha value is -3.22. The van der Waals surface area contributed by atoms with E-state index in [1.54, 1.807) is 23.5 Å². The van der Waals surface area contributed by atoms with E-state index in [0.717, 1.165) is 20.8 Å². The minimum Gasteiger partial charge on any atom is -0.276 e. The summed E-state index contributed by atoms with van der Waals surface area (Å²) in [6.07, 6.45) is 0. The predicted molar refractivity (Wildman–Crippen MR) is 87.3 cm³/mol. The minimum absolute atomic E-state index is 0.214. The molecule has 0 aliphatic heterocycles. The zero-order valence-electron chi connectivity index (χ0n) is 11.3. The zero-order valence-corrected chi connectivity index (χ0v) is 12.1. The summed E-state index contributed by atoms with van der Waals surface area (Å²) in [6, 6.07) is 19.0. The molecule has 0 fully saturated rings. The SMILES string of the molecule is N#CC(C#N)=NNc1ccc2nc(-c3ccccc3)sc2c1. The minimum atomic E-state index is -0.214. The number of hydrogen-bond acceptors (Lipinski definition) is 6. The first kappa shape index (κ1) is 13.7. The molecule has 0 amide bonds. The topological polar surface area (TPSA) is 84.9 Å². The van der Waals surface area contributed by atoms with Crippen LogP contribution in [0.25, 0.3) is 20.8 Å². The van der Waals surface area contributed by atoms with Gasteiger partial charge in [0.1, 0.15) is 17.1 Å². The van der Waals surface area contributed by atoms with Gasteiger partial charge in [0, 0.05) is 5.56 Å². The van der Waals surface area contributed by atoms with Crippen LogP contribution in [0.4, 0.5) is 5.69 Å². The second-order valence-corrected chi connectivity index (χ2v) is 5.39. The van der Waals surface area contributed by atoms with E-state index in [-0.39, 0.29) is 5.71 Å². The average molecular weight is 303 g/mol. The summed E-state index contributed by atoms with van der Waals surface area (Å²) in [6.45, 7) is 0. The van der Waals surface area contributed by atoms with Crippen molar-refractivity contribution >= 4 is 33.0 Å².